The van der Waals surface area contributed by atoms with Crippen LogP contribution in [0.4, 0.5) is 5.69 Å². The molecule has 0 aliphatic carbocycles. The first kappa shape index (κ1) is 20.8. The number of para-hydroxylation sites is 1. The normalized spacial score (nSPS) is 12.9. The van der Waals surface area contributed by atoms with Crippen molar-refractivity contribution in [2.75, 3.05) is 17.2 Å². The molecular formula is C24H22ClN5OS. The molecule has 8 heteroatoms. The van der Waals surface area contributed by atoms with E-state index in [1.807, 2.05) is 71.2 Å². The Balaban J connectivity index is 1.40. The standard InChI is InChI=1S/C24H22ClN5OS/c1-28-13-4-6-20(28)15-22-26-27-24(30(22)19-10-8-18(25)9-11-19)32-16-23(31)29-14-12-17-5-2-3-7-21(17)29/h2-11,13H,12,14-16H2,1H3. The van der Waals surface area contributed by atoms with Crippen molar-refractivity contribution >= 4 is 35.0 Å². The molecule has 1 aliphatic rings. The number of benzene rings is 2. The fourth-order valence-corrected chi connectivity index (χ4v) is 4.97. The summed E-state index contributed by atoms with van der Waals surface area (Å²) in [6, 6.07) is 19.8. The summed E-state index contributed by atoms with van der Waals surface area (Å²) in [7, 11) is 2.01. The van der Waals surface area contributed by atoms with Crippen molar-refractivity contribution < 1.29 is 4.79 Å². The van der Waals surface area contributed by atoms with Gasteiger partial charge in [-0.25, -0.2) is 0 Å². The van der Waals surface area contributed by atoms with Gasteiger partial charge in [-0.05, 0) is 54.4 Å². The third-order valence-corrected chi connectivity index (χ3v) is 6.85. The zero-order valence-electron chi connectivity index (χ0n) is 17.6. The zero-order chi connectivity index (χ0) is 22.1. The highest BCUT2D eigenvalue weighted by atomic mass is 35.5. The first-order valence-electron chi connectivity index (χ1n) is 10.4. The third kappa shape index (κ3) is 4.06. The van der Waals surface area contributed by atoms with Crippen LogP contribution in [0.25, 0.3) is 5.69 Å². The summed E-state index contributed by atoms with van der Waals surface area (Å²) in [5.74, 6) is 1.19. The first-order valence-corrected chi connectivity index (χ1v) is 11.8. The number of halogens is 1. The Morgan fingerprint density at radius 1 is 1.06 bits per heavy atom. The SMILES string of the molecule is Cn1cccc1Cc1nnc(SCC(=O)N2CCc3ccccc32)n1-c1ccc(Cl)cc1. The highest BCUT2D eigenvalue weighted by Gasteiger charge is 2.25. The molecule has 0 bridgehead atoms. The van der Waals surface area contributed by atoms with Crippen LogP contribution in [0.5, 0.6) is 0 Å². The lowest BCUT2D eigenvalue weighted by Crippen LogP contribution is -2.30. The summed E-state index contributed by atoms with van der Waals surface area (Å²) in [6.07, 6.45) is 3.54. The van der Waals surface area contributed by atoms with Gasteiger partial charge < -0.3 is 9.47 Å². The van der Waals surface area contributed by atoms with E-state index in [9.17, 15) is 4.79 Å². The number of carbonyl (C=O) groups excluding carboxylic acids is 1. The largest absolute Gasteiger partial charge is 0.354 e. The highest BCUT2D eigenvalue weighted by Crippen LogP contribution is 2.30. The molecule has 1 amide bonds. The molecule has 1 aliphatic heterocycles. The zero-order valence-corrected chi connectivity index (χ0v) is 19.2. The van der Waals surface area contributed by atoms with E-state index in [0.717, 1.165) is 35.9 Å². The van der Waals surface area contributed by atoms with Crippen molar-refractivity contribution in [1.29, 1.82) is 0 Å². The van der Waals surface area contributed by atoms with Gasteiger partial charge in [-0.15, -0.1) is 10.2 Å². The van der Waals surface area contributed by atoms with Gasteiger partial charge >= 0.3 is 0 Å². The van der Waals surface area contributed by atoms with Crippen molar-refractivity contribution in [2.45, 2.75) is 18.0 Å². The predicted molar refractivity (Wildman–Crippen MR) is 128 cm³/mol. The number of aryl methyl sites for hydroxylation is 1. The lowest BCUT2D eigenvalue weighted by molar-refractivity contribution is -0.116. The summed E-state index contributed by atoms with van der Waals surface area (Å²) in [5, 5.41) is 10.3. The van der Waals surface area contributed by atoms with Crippen LogP contribution >= 0.6 is 23.4 Å². The second-order valence-corrected chi connectivity index (χ2v) is 9.09. The molecule has 0 fully saturated rings. The van der Waals surface area contributed by atoms with Crippen molar-refractivity contribution in [2.24, 2.45) is 7.05 Å². The van der Waals surface area contributed by atoms with Crippen molar-refractivity contribution in [3.05, 3.63) is 89.0 Å². The number of thioether (sulfide) groups is 1. The van der Waals surface area contributed by atoms with Crippen LogP contribution < -0.4 is 4.90 Å². The molecule has 0 saturated heterocycles. The summed E-state index contributed by atoms with van der Waals surface area (Å²) >= 11 is 7.52. The van der Waals surface area contributed by atoms with E-state index >= 15 is 0 Å². The van der Waals surface area contributed by atoms with Crippen LogP contribution in [-0.2, 0) is 24.7 Å². The quantitative estimate of drug-likeness (QED) is 0.394. The fourth-order valence-electron chi connectivity index (χ4n) is 4.00. The number of aromatic nitrogens is 4. The molecule has 2 aromatic carbocycles. The van der Waals surface area contributed by atoms with Gasteiger partial charge in [0.15, 0.2) is 5.16 Å². The molecule has 0 spiro atoms. The molecule has 4 aromatic rings. The van der Waals surface area contributed by atoms with Gasteiger partial charge in [0.1, 0.15) is 5.82 Å². The van der Waals surface area contributed by atoms with Crippen LogP contribution in [0, 0.1) is 0 Å². The molecule has 0 radical (unpaired) electrons. The Labute approximate surface area is 195 Å². The van der Waals surface area contributed by atoms with Crippen molar-refractivity contribution in [3.8, 4) is 5.69 Å². The van der Waals surface area contributed by atoms with Crippen LogP contribution in [-0.4, -0.2) is 37.5 Å². The van der Waals surface area contributed by atoms with E-state index in [2.05, 4.69) is 26.9 Å². The maximum Gasteiger partial charge on any atom is 0.237 e. The topological polar surface area (TPSA) is 56.0 Å². The molecule has 32 heavy (non-hydrogen) atoms. The van der Waals surface area contributed by atoms with Crippen molar-refractivity contribution in [1.82, 2.24) is 19.3 Å². The van der Waals surface area contributed by atoms with Gasteiger partial charge in [0.05, 0.1) is 5.75 Å². The monoisotopic (exact) mass is 463 g/mol. The predicted octanol–water partition coefficient (Wildman–Crippen LogP) is 4.53. The first-order chi connectivity index (χ1) is 15.6. The van der Waals surface area contributed by atoms with E-state index in [0.29, 0.717) is 22.4 Å². The smallest absolute Gasteiger partial charge is 0.237 e. The number of anilines is 1. The Kier molecular flexibility index (Phi) is 5.76. The lowest BCUT2D eigenvalue weighted by atomic mass is 10.2. The summed E-state index contributed by atoms with van der Waals surface area (Å²) < 4.78 is 4.08. The van der Waals surface area contributed by atoms with Gasteiger partial charge in [-0.1, -0.05) is 41.6 Å². The second kappa shape index (κ2) is 8.84. The minimum atomic E-state index is 0.0783. The van der Waals surface area contributed by atoms with E-state index in [-0.39, 0.29) is 5.91 Å². The van der Waals surface area contributed by atoms with E-state index in [1.165, 1.54) is 17.3 Å². The van der Waals surface area contributed by atoms with Crippen LogP contribution in [0.15, 0.2) is 72.0 Å². The van der Waals surface area contributed by atoms with Crippen molar-refractivity contribution in [3.63, 3.8) is 0 Å². The number of hydrogen-bond donors (Lipinski definition) is 0. The highest BCUT2D eigenvalue weighted by molar-refractivity contribution is 7.99. The fraction of sp³-hybridized carbons (Fsp3) is 0.208. The van der Waals surface area contributed by atoms with Gasteiger partial charge in [0.25, 0.3) is 0 Å². The van der Waals surface area contributed by atoms with Gasteiger partial charge in [0.2, 0.25) is 5.91 Å². The summed E-state index contributed by atoms with van der Waals surface area (Å²) in [5.41, 5.74) is 4.29. The summed E-state index contributed by atoms with van der Waals surface area (Å²) in [6.45, 7) is 0.724. The number of carbonyl (C=O) groups is 1. The maximum absolute atomic E-state index is 13.0. The van der Waals surface area contributed by atoms with Gasteiger partial charge in [-0.2, -0.15) is 0 Å². The summed E-state index contributed by atoms with van der Waals surface area (Å²) in [4.78, 5) is 14.9. The molecule has 5 rings (SSSR count). The number of hydrogen-bond acceptors (Lipinski definition) is 4. The van der Waals surface area contributed by atoms with E-state index < -0.39 is 0 Å². The average molecular weight is 464 g/mol. The Morgan fingerprint density at radius 3 is 2.66 bits per heavy atom. The molecule has 0 atom stereocenters. The van der Waals surface area contributed by atoms with Gasteiger partial charge in [0, 0.05) is 48.3 Å². The molecule has 2 aromatic heterocycles. The second-order valence-electron chi connectivity index (χ2n) is 7.71. The van der Waals surface area contributed by atoms with Crippen LogP contribution in [0.3, 0.4) is 0 Å². The molecule has 162 valence electrons. The minimum Gasteiger partial charge on any atom is -0.354 e. The molecule has 0 N–H and O–H groups in total. The average Bonchev–Trinajstić information content (AvgIpc) is 3.52. The molecule has 6 nitrogen and oxygen atoms in total. The van der Waals surface area contributed by atoms with E-state index in [1.54, 1.807) is 0 Å². The molecule has 0 saturated carbocycles. The number of rotatable bonds is 6. The minimum absolute atomic E-state index is 0.0783. The van der Waals surface area contributed by atoms with E-state index in [4.69, 9.17) is 11.6 Å². The Hall–Kier alpha value is -3.03. The third-order valence-electron chi connectivity index (χ3n) is 5.69. The lowest BCUT2D eigenvalue weighted by Gasteiger charge is -2.17. The number of nitrogens with zero attached hydrogens (tertiary/aromatic N) is 5. The number of fused-ring (bicyclic) bond motifs is 1. The van der Waals surface area contributed by atoms with Crippen LogP contribution in [0.2, 0.25) is 5.02 Å². The molecular weight excluding hydrogens is 442 g/mol. The number of amides is 1. The molecule has 0 unspecified atom stereocenters. The van der Waals surface area contributed by atoms with Crippen LogP contribution in [0.1, 0.15) is 17.1 Å². The maximum atomic E-state index is 13.0. The molecule has 3 heterocycles. The Bertz CT molecular complexity index is 1260. The van der Waals surface area contributed by atoms with Gasteiger partial charge in [-0.3, -0.25) is 9.36 Å². The Morgan fingerprint density at radius 2 is 1.88 bits per heavy atom.